The fraction of sp³-hybridized carbons (Fsp3) is 0.222. The highest BCUT2D eigenvalue weighted by Crippen LogP contribution is 2.34. The maximum Gasteiger partial charge on any atom is 0.276 e. The zero-order chi connectivity index (χ0) is 11.0. The molecular formula is C9H8N2O4. The summed E-state index contributed by atoms with van der Waals surface area (Å²) in [6.45, 7) is 1.51. The van der Waals surface area contributed by atoms with Crippen LogP contribution in [0.15, 0.2) is 12.1 Å². The van der Waals surface area contributed by atoms with E-state index in [1.807, 2.05) is 0 Å². The number of fused-ring (bicyclic) bond motifs is 1. The number of nitro benzene ring substituents is 1. The minimum atomic E-state index is -0.477. The fourth-order valence-electron chi connectivity index (χ4n) is 1.42. The molecule has 0 aliphatic carbocycles. The number of anilines is 1. The SMILES string of the molecule is Cc1cc2c(cc1[N+](=O)[O-])OCC(=O)N2. The Morgan fingerprint density at radius 1 is 1.53 bits per heavy atom. The Labute approximate surface area is 85.0 Å². The fourth-order valence-corrected chi connectivity index (χ4v) is 1.42. The monoisotopic (exact) mass is 208 g/mol. The quantitative estimate of drug-likeness (QED) is 0.556. The summed E-state index contributed by atoms with van der Waals surface area (Å²) in [6, 6.07) is 2.86. The molecule has 0 fully saturated rings. The molecule has 1 heterocycles. The van der Waals surface area contributed by atoms with Crippen LogP contribution in [0.5, 0.6) is 5.75 Å². The lowest BCUT2D eigenvalue weighted by Gasteiger charge is -2.17. The summed E-state index contributed by atoms with van der Waals surface area (Å²) in [6.07, 6.45) is 0. The number of aryl methyl sites for hydroxylation is 1. The number of carbonyl (C=O) groups excluding carboxylic acids is 1. The van der Waals surface area contributed by atoms with Crippen LogP contribution < -0.4 is 10.1 Å². The van der Waals surface area contributed by atoms with Crippen molar-refractivity contribution in [3.63, 3.8) is 0 Å². The van der Waals surface area contributed by atoms with Crippen LogP contribution in [-0.2, 0) is 4.79 Å². The van der Waals surface area contributed by atoms with Gasteiger partial charge in [0.05, 0.1) is 16.7 Å². The van der Waals surface area contributed by atoms with Gasteiger partial charge in [0, 0.05) is 5.56 Å². The molecule has 0 aromatic heterocycles. The van der Waals surface area contributed by atoms with Gasteiger partial charge in [-0.25, -0.2) is 0 Å². The van der Waals surface area contributed by atoms with Crippen molar-refractivity contribution in [3.8, 4) is 5.75 Å². The van der Waals surface area contributed by atoms with Crippen LogP contribution in [0, 0.1) is 17.0 Å². The van der Waals surface area contributed by atoms with Crippen LogP contribution in [-0.4, -0.2) is 17.4 Å². The summed E-state index contributed by atoms with van der Waals surface area (Å²) < 4.78 is 5.07. The van der Waals surface area contributed by atoms with E-state index in [2.05, 4.69) is 5.32 Å². The number of rotatable bonds is 1. The van der Waals surface area contributed by atoms with E-state index in [9.17, 15) is 14.9 Å². The molecule has 1 aromatic carbocycles. The molecular weight excluding hydrogens is 200 g/mol. The Kier molecular flexibility index (Phi) is 2.03. The maximum atomic E-state index is 11.0. The average Bonchev–Trinajstić information content (AvgIpc) is 2.15. The molecule has 1 aliphatic rings. The Balaban J connectivity index is 2.50. The third-order valence-corrected chi connectivity index (χ3v) is 2.13. The van der Waals surface area contributed by atoms with Crippen molar-refractivity contribution in [1.29, 1.82) is 0 Å². The van der Waals surface area contributed by atoms with Crippen molar-refractivity contribution in [2.45, 2.75) is 6.92 Å². The van der Waals surface area contributed by atoms with Gasteiger partial charge >= 0.3 is 0 Å². The lowest BCUT2D eigenvalue weighted by molar-refractivity contribution is -0.385. The molecule has 15 heavy (non-hydrogen) atoms. The number of amides is 1. The highest BCUT2D eigenvalue weighted by atomic mass is 16.6. The smallest absolute Gasteiger partial charge is 0.276 e. The van der Waals surface area contributed by atoms with Crippen LogP contribution >= 0.6 is 0 Å². The minimum Gasteiger partial charge on any atom is -0.481 e. The van der Waals surface area contributed by atoms with E-state index < -0.39 is 4.92 Å². The van der Waals surface area contributed by atoms with E-state index >= 15 is 0 Å². The Hall–Kier alpha value is -2.11. The average molecular weight is 208 g/mol. The molecule has 1 aliphatic heterocycles. The van der Waals surface area contributed by atoms with Crippen LogP contribution in [0.2, 0.25) is 0 Å². The summed E-state index contributed by atoms with van der Waals surface area (Å²) in [5.41, 5.74) is 0.962. The Bertz CT molecular complexity index is 456. The molecule has 0 saturated heterocycles. The zero-order valence-electron chi connectivity index (χ0n) is 7.94. The molecule has 0 unspecified atom stereocenters. The number of nitrogens with zero attached hydrogens (tertiary/aromatic N) is 1. The predicted molar refractivity (Wildman–Crippen MR) is 52.0 cm³/mol. The van der Waals surface area contributed by atoms with Gasteiger partial charge in [0.15, 0.2) is 6.61 Å². The third-order valence-electron chi connectivity index (χ3n) is 2.13. The first kappa shape index (κ1) is 9.45. The van der Waals surface area contributed by atoms with Crippen molar-refractivity contribution < 1.29 is 14.5 Å². The van der Waals surface area contributed by atoms with Gasteiger partial charge in [-0.05, 0) is 13.0 Å². The van der Waals surface area contributed by atoms with Crippen molar-refractivity contribution in [1.82, 2.24) is 0 Å². The molecule has 78 valence electrons. The molecule has 1 amide bonds. The number of carbonyl (C=O) groups is 1. The minimum absolute atomic E-state index is 0.00935. The molecule has 0 spiro atoms. The number of hydrogen-bond acceptors (Lipinski definition) is 4. The van der Waals surface area contributed by atoms with E-state index in [0.717, 1.165) is 0 Å². The summed E-state index contributed by atoms with van der Waals surface area (Å²) in [4.78, 5) is 21.1. The highest BCUT2D eigenvalue weighted by molar-refractivity contribution is 5.95. The molecule has 6 heteroatoms. The topological polar surface area (TPSA) is 81.5 Å². The van der Waals surface area contributed by atoms with Crippen molar-refractivity contribution in [2.24, 2.45) is 0 Å². The molecule has 2 rings (SSSR count). The summed E-state index contributed by atoms with van der Waals surface area (Å²) in [5, 5.41) is 13.2. The van der Waals surface area contributed by atoms with Gasteiger partial charge in [-0.3, -0.25) is 14.9 Å². The first-order valence-electron chi connectivity index (χ1n) is 4.29. The Morgan fingerprint density at radius 3 is 2.93 bits per heavy atom. The van der Waals surface area contributed by atoms with E-state index in [4.69, 9.17) is 4.74 Å². The summed E-state index contributed by atoms with van der Waals surface area (Å²) in [5.74, 6) is 0.0858. The van der Waals surface area contributed by atoms with E-state index in [0.29, 0.717) is 17.0 Å². The lowest BCUT2D eigenvalue weighted by atomic mass is 10.1. The van der Waals surface area contributed by atoms with Gasteiger partial charge in [0.25, 0.3) is 11.6 Å². The lowest BCUT2D eigenvalue weighted by Crippen LogP contribution is -2.25. The molecule has 0 radical (unpaired) electrons. The molecule has 0 atom stereocenters. The second-order valence-corrected chi connectivity index (χ2v) is 3.23. The number of benzene rings is 1. The number of nitrogens with one attached hydrogen (secondary N) is 1. The van der Waals surface area contributed by atoms with Gasteiger partial charge in [-0.1, -0.05) is 0 Å². The molecule has 6 nitrogen and oxygen atoms in total. The number of ether oxygens (including phenoxy) is 1. The van der Waals surface area contributed by atoms with Crippen molar-refractivity contribution in [2.75, 3.05) is 11.9 Å². The third kappa shape index (κ3) is 1.61. The standard InChI is InChI=1S/C9H8N2O4/c1-5-2-6-8(3-7(5)11(13)14)15-4-9(12)10-6/h2-3H,4H2,1H3,(H,10,12). The highest BCUT2D eigenvalue weighted by Gasteiger charge is 2.21. The molecule has 0 saturated carbocycles. The normalized spacial score (nSPS) is 13.8. The zero-order valence-corrected chi connectivity index (χ0v) is 7.94. The van der Waals surface area contributed by atoms with E-state index in [-0.39, 0.29) is 18.2 Å². The summed E-state index contributed by atoms with van der Waals surface area (Å²) in [7, 11) is 0. The molecule has 1 N–H and O–H groups in total. The van der Waals surface area contributed by atoms with Crippen molar-refractivity contribution >= 4 is 17.3 Å². The van der Waals surface area contributed by atoms with Crippen LogP contribution in [0.4, 0.5) is 11.4 Å². The Morgan fingerprint density at radius 2 is 2.27 bits per heavy atom. The van der Waals surface area contributed by atoms with Gasteiger partial charge in [-0.15, -0.1) is 0 Å². The second kappa shape index (κ2) is 3.23. The van der Waals surface area contributed by atoms with Gasteiger partial charge in [-0.2, -0.15) is 0 Å². The maximum absolute atomic E-state index is 11.0. The molecule has 0 bridgehead atoms. The van der Waals surface area contributed by atoms with Gasteiger partial charge in [0.2, 0.25) is 0 Å². The number of nitro groups is 1. The van der Waals surface area contributed by atoms with E-state index in [1.165, 1.54) is 12.1 Å². The number of hydrogen-bond donors (Lipinski definition) is 1. The van der Waals surface area contributed by atoms with Gasteiger partial charge in [0.1, 0.15) is 5.75 Å². The largest absolute Gasteiger partial charge is 0.481 e. The van der Waals surface area contributed by atoms with Crippen LogP contribution in [0.1, 0.15) is 5.56 Å². The summed E-state index contributed by atoms with van der Waals surface area (Å²) >= 11 is 0. The predicted octanol–water partition coefficient (Wildman–Crippen LogP) is 1.23. The van der Waals surface area contributed by atoms with Crippen molar-refractivity contribution in [3.05, 3.63) is 27.8 Å². The first-order chi connectivity index (χ1) is 7.08. The molecule has 1 aromatic rings. The van der Waals surface area contributed by atoms with Crippen LogP contribution in [0.3, 0.4) is 0 Å². The second-order valence-electron chi connectivity index (χ2n) is 3.23. The van der Waals surface area contributed by atoms with Crippen LogP contribution in [0.25, 0.3) is 0 Å². The van der Waals surface area contributed by atoms with E-state index in [1.54, 1.807) is 6.92 Å². The first-order valence-corrected chi connectivity index (χ1v) is 4.29. The van der Waals surface area contributed by atoms with Gasteiger partial charge < -0.3 is 10.1 Å².